The van der Waals surface area contributed by atoms with Crippen LogP contribution in [0.5, 0.6) is 5.75 Å². The van der Waals surface area contributed by atoms with E-state index in [9.17, 15) is 18.0 Å². The number of aromatic nitrogens is 1. The van der Waals surface area contributed by atoms with Gasteiger partial charge in [0.2, 0.25) is 5.91 Å². The van der Waals surface area contributed by atoms with Crippen molar-refractivity contribution in [2.45, 2.75) is 89.1 Å². The molecule has 2 aromatic carbocycles. The first-order chi connectivity index (χ1) is 24.5. The molecule has 9 rings (SSSR count). The number of carbonyl (C=O) groups is 2. The van der Waals surface area contributed by atoms with Crippen LogP contribution in [0.1, 0.15) is 92.5 Å². The number of benzene rings is 2. The second-order valence-corrected chi connectivity index (χ2v) is 18.9. The molecule has 2 aliphatic heterocycles. The molecular formula is C40H51N5O5S. The Morgan fingerprint density at radius 2 is 1.55 bits per heavy atom. The Labute approximate surface area is 301 Å². The van der Waals surface area contributed by atoms with Crippen LogP contribution in [0.25, 0.3) is 22.2 Å². The van der Waals surface area contributed by atoms with Crippen molar-refractivity contribution in [3.05, 3.63) is 53.6 Å². The van der Waals surface area contributed by atoms with Crippen LogP contribution >= 0.6 is 0 Å². The summed E-state index contributed by atoms with van der Waals surface area (Å²) in [7, 11) is 0.496. The minimum absolute atomic E-state index is 0.263. The van der Waals surface area contributed by atoms with E-state index in [-0.39, 0.29) is 16.4 Å². The number of nitrogens with one attached hydrogen (secondary N) is 1. The Hall–Kier alpha value is -3.41. The molecule has 4 saturated carbocycles. The van der Waals surface area contributed by atoms with E-state index in [1.807, 2.05) is 24.3 Å². The first kappa shape index (κ1) is 33.4. The zero-order valence-electron chi connectivity index (χ0n) is 30.2. The topological polar surface area (TPSA) is 104 Å². The first-order valence-electron chi connectivity index (χ1n) is 19.1. The lowest BCUT2D eigenvalue weighted by atomic mass is 9.53. The van der Waals surface area contributed by atoms with E-state index in [2.05, 4.69) is 31.2 Å². The van der Waals surface area contributed by atoms with Crippen molar-refractivity contribution < 1.29 is 22.7 Å². The van der Waals surface area contributed by atoms with Crippen molar-refractivity contribution >= 4 is 32.9 Å². The van der Waals surface area contributed by atoms with Crippen molar-refractivity contribution in [1.82, 2.24) is 23.4 Å². The van der Waals surface area contributed by atoms with Gasteiger partial charge in [0.1, 0.15) is 5.75 Å². The fraction of sp³-hybridized carbons (Fsp3) is 0.600. The summed E-state index contributed by atoms with van der Waals surface area (Å²) in [6.45, 7) is 4.59. The second kappa shape index (κ2) is 11.8. The Morgan fingerprint density at radius 1 is 0.882 bits per heavy atom. The standard InChI is InChI=1S/C40H51N5O5S/c1-42(2)51(48,49)41-36(46)29-11-16-32-33(21-29)45(35(28-9-14-31(50-3)15-10-28)34(32)27-7-5-4-6-8-27)22-38(17-18-38)37(47)44-25-39-19-20-40(39,26-44)24-43(23-39)30-12-13-30/h9-11,14-16,21,27,30H,4-8,12-13,17-20,22-26H2,1-3H3,(H,41,46). The number of rotatable bonds is 10. The number of ether oxygens (including phenoxy) is 1. The van der Waals surface area contributed by atoms with Crippen LogP contribution in [0.4, 0.5) is 0 Å². The molecule has 0 bridgehead atoms. The highest BCUT2D eigenvalue weighted by atomic mass is 32.2. The molecule has 6 aliphatic rings. The summed E-state index contributed by atoms with van der Waals surface area (Å²) < 4.78 is 36.4. The SMILES string of the molecule is COc1ccc(-c2c(C3CCCCC3)c3ccc(C(=O)NS(=O)(=O)N(C)C)cc3n2CC2(C(=O)N3CC45CCC4(C3)CN(C3CC3)C5)CC2)cc1. The van der Waals surface area contributed by atoms with Gasteiger partial charge in [-0.05, 0) is 105 Å². The molecule has 1 aromatic heterocycles. The molecule has 1 N–H and O–H groups in total. The third-order valence-electron chi connectivity index (χ3n) is 13.8. The quantitative estimate of drug-likeness (QED) is 0.287. The highest BCUT2D eigenvalue weighted by Gasteiger charge is 2.71. The van der Waals surface area contributed by atoms with Crippen LogP contribution in [0, 0.1) is 16.2 Å². The van der Waals surface area contributed by atoms with E-state index in [0.717, 1.165) is 90.1 Å². The lowest BCUT2D eigenvalue weighted by molar-refractivity contribution is -0.137. The van der Waals surface area contributed by atoms with Gasteiger partial charge in [-0.1, -0.05) is 25.3 Å². The maximum Gasteiger partial charge on any atom is 0.303 e. The number of nitrogens with zero attached hydrogens (tertiary/aromatic N) is 4. The monoisotopic (exact) mass is 713 g/mol. The van der Waals surface area contributed by atoms with Gasteiger partial charge in [0.25, 0.3) is 5.91 Å². The molecule has 11 heteroatoms. The Kier molecular flexibility index (Phi) is 7.73. The molecule has 272 valence electrons. The van der Waals surface area contributed by atoms with Crippen LogP contribution in [0.3, 0.4) is 0 Å². The average molecular weight is 714 g/mol. The molecule has 2 amide bonds. The van der Waals surface area contributed by atoms with Crippen LogP contribution in [0.2, 0.25) is 0 Å². The van der Waals surface area contributed by atoms with Crippen LogP contribution in [-0.4, -0.2) is 92.3 Å². The number of likely N-dealkylation sites (tertiary alicyclic amines) is 2. The van der Waals surface area contributed by atoms with Crippen molar-refractivity contribution in [3.8, 4) is 17.0 Å². The largest absolute Gasteiger partial charge is 0.497 e. The van der Waals surface area contributed by atoms with Crippen molar-refractivity contribution in [2.75, 3.05) is 47.4 Å². The van der Waals surface area contributed by atoms with E-state index in [1.54, 1.807) is 13.2 Å². The van der Waals surface area contributed by atoms with Gasteiger partial charge in [-0.2, -0.15) is 12.7 Å². The van der Waals surface area contributed by atoms with Crippen molar-refractivity contribution in [2.24, 2.45) is 16.2 Å². The predicted octanol–water partition coefficient (Wildman–Crippen LogP) is 5.77. The zero-order chi connectivity index (χ0) is 35.3. The minimum Gasteiger partial charge on any atom is -0.497 e. The van der Waals surface area contributed by atoms with Gasteiger partial charge in [-0.3, -0.25) is 14.5 Å². The molecule has 2 atom stereocenters. The third kappa shape index (κ3) is 5.35. The average Bonchev–Trinajstić information content (AvgIpc) is 4.04. The number of amides is 2. The molecule has 3 heterocycles. The Balaban J connectivity index is 1.13. The molecular weight excluding hydrogens is 663 g/mol. The van der Waals surface area contributed by atoms with Crippen molar-refractivity contribution in [3.63, 3.8) is 0 Å². The summed E-state index contributed by atoms with van der Waals surface area (Å²) in [5, 5.41) is 1.08. The second-order valence-electron chi connectivity index (χ2n) is 17.0. The number of methoxy groups -OCH3 is 1. The van der Waals surface area contributed by atoms with E-state index < -0.39 is 21.5 Å². The summed E-state index contributed by atoms with van der Waals surface area (Å²) in [5.74, 6) is 0.756. The number of hydrogen-bond acceptors (Lipinski definition) is 6. The molecule has 6 fully saturated rings. The van der Waals surface area contributed by atoms with E-state index in [4.69, 9.17) is 4.74 Å². The number of carbonyl (C=O) groups excluding carboxylic acids is 2. The third-order valence-corrected chi connectivity index (χ3v) is 15.2. The van der Waals surface area contributed by atoms with E-state index >= 15 is 0 Å². The van der Waals surface area contributed by atoms with Gasteiger partial charge in [-0.15, -0.1) is 0 Å². The molecule has 0 radical (unpaired) electrons. The van der Waals surface area contributed by atoms with Crippen LogP contribution < -0.4 is 9.46 Å². The van der Waals surface area contributed by atoms with Crippen LogP contribution in [0.15, 0.2) is 42.5 Å². The molecule has 3 aromatic rings. The number of fused-ring (bicyclic) bond motifs is 1. The maximum atomic E-state index is 14.8. The Morgan fingerprint density at radius 3 is 2.12 bits per heavy atom. The maximum absolute atomic E-state index is 14.8. The van der Waals surface area contributed by atoms with E-state index in [1.165, 1.54) is 64.6 Å². The van der Waals surface area contributed by atoms with E-state index in [0.29, 0.717) is 18.4 Å². The normalized spacial score (nSPS) is 27.3. The smallest absolute Gasteiger partial charge is 0.303 e. The first-order valence-corrected chi connectivity index (χ1v) is 20.5. The fourth-order valence-corrected chi connectivity index (χ4v) is 11.0. The Bertz CT molecular complexity index is 1990. The lowest BCUT2D eigenvalue weighted by Crippen LogP contribution is -2.49. The number of hydrogen-bond donors (Lipinski definition) is 1. The minimum atomic E-state index is -3.97. The van der Waals surface area contributed by atoms with Gasteiger partial charge in [0.15, 0.2) is 0 Å². The molecule has 2 saturated heterocycles. The van der Waals surface area contributed by atoms with Gasteiger partial charge < -0.3 is 14.2 Å². The molecule has 10 nitrogen and oxygen atoms in total. The van der Waals surface area contributed by atoms with Gasteiger partial charge >= 0.3 is 10.2 Å². The summed E-state index contributed by atoms with van der Waals surface area (Å²) in [5.41, 5.74) is 4.63. The van der Waals surface area contributed by atoms with Gasteiger partial charge in [-0.25, -0.2) is 4.72 Å². The highest BCUT2D eigenvalue weighted by molar-refractivity contribution is 7.87. The lowest BCUT2D eigenvalue weighted by Gasteiger charge is -2.48. The summed E-state index contributed by atoms with van der Waals surface area (Å²) in [6, 6.07) is 14.6. The molecule has 2 unspecified atom stereocenters. The molecule has 4 aliphatic carbocycles. The van der Waals surface area contributed by atoms with Gasteiger partial charge in [0, 0.05) is 80.2 Å². The summed E-state index contributed by atoms with van der Waals surface area (Å²) >= 11 is 0. The van der Waals surface area contributed by atoms with Crippen molar-refractivity contribution in [1.29, 1.82) is 0 Å². The molecule has 51 heavy (non-hydrogen) atoms. The molecule has 0 spiro atoms. The van der Waals surface area contributed by atoms with Gasteiger partial charge in [0.05, 0.1) is 18.2 Å². The highest BCUT2D eigenvalue weighted by Crippen LogP contribution is 2.67. The van der Waals surface area contributed by atoms with Crippen LogP contribution in [-0.2, 0) is 21.5 Å². The summed E-state index contributed by atoms with van der Waals surface area (Å²) in [6.07, 6.45) is 12.6. The summed E-state index contributed by atoms with van der Waals surface area (Å²) in [4.78, 5) is 33.3. The zero-order valence-corrected chi connectivity index (χ0v) is 31.1. The fourth-order valence-electron chi connectivity index (χ4n) is 10.4. The predicted molar refractivity (Wildman–Crippen MR) is 197 cm³/mol.